The summed E-state index contributed by atoms with van der Waals surface area (Å²) in [7, 11) is 0. The fourth-order valence-corrected chi connectivity index (χ4v) is 2.61. The lowest BCUT2D eigenvalue weighted by Gasteiger charge is -2.15. The van der Waals surface area contributed by atoms with Crippen molar-refractivity contribution in [1.82, 2.24) is 25.3 Å². The molecule has 0 spiro atoms. The fourth-order valence-electron chi connectivity index (χ4n) is 2.61. The molecule has 0 bridgehead atoms. The highest BCUT2D eigenvalue weighted by Crippen LogP contribution is 2.24. The van der Waals surface area contributed by atoms with Crippen molar-refractivity contribution in [2.75, 3.05) is 6.54 Å². The van der Waals surface area contributed by atoms with Gasteiger partial charge in [0.05, 0.1) is 11.4 Å². The molecule has 5 heteroatoms. The molecule has 1 N–H and O–H groups in total. The third-order valence-electron chi connectivity index (χ3n) is 3.67. The summed E-state index contributed by atoms with van der Waals surface area (Å²) >= 11 is 0. The summed E-state index contributed by atoms with van der Waals surface area (Å²) < 4.78 is 1.89. The molecular weight excluding hydrogens is 262 g/mol. The van der Waals surface area contributed by atoms with Gasteiger partial charge in [-0.1, -0.05) is 20.8 Å². The van der Waals surface area contributed by atoms with E-state index >= 15 is 0 Å². The minimum absolute atomic E-state index is 0.416. The van der Waals surface area contributed by atoms with Gasteiger partial charge in [0.15, 0.2) is 5.82 Å². The molecule has 0 aliphatic carbocycles. The molecule has 2 aromatic rings. The van der Waals surface area contributed by atoms with Crippen molar-refractivity contribution in [3.05, 3.63) is 34.8 Å². The zero-order valence-corrected chi connectivity index (χ0v) is 13.8. The van der Waals surface area contributed by atoms with Crippen LogP contribution in [0.2, 0.25) is 0 Å². The van der Waals surface area contributed by atoms with E-state index in [1.807, 2.05) is 23.7 Å². The van der Waals surface area contributed by atoms with Gasteiger partial charge in [-0.05, 0) is 38.8 Å². The predicted octanol–water partition coefficient (Wildman–Crippen LogP) is 2.69. The van der Waals surface area contributed by atoms with E-state index in [1.165, 1.54) is 5.56 Å². The summed E-state index contributed by atoms with van der Waals surface area (Å²) in [6.07, 6.45) is 0. The van der Waals surface area contributed by atoms with Crippen LogP contribution >= 0.6 is 0 Å². The van der Waals surface area contributed by atoms with Crippen molar-refractivity contribution >= 4 is 0 Å². The fraction of sp³-hybridized carbons (Fsp3) is 0.562. The number of nitrogens with one attached hydrogen (secondary N) is 1. The summed E-state index contributed by atoms with van der Waals surface area (Å²) in [5.41, 5.74) is 4.41. The van der Waals surface area contributed by atoms with Gasteiger partial charge in [0.1, 0.15) is 0 Å². The predicted molar refractivity (Wildman–Crippen MR) is 84.9 cm³/mol. The molecule has 21 heavy (non-hydrogen) atoms. The molecule has 114 valence electrons. The standard InChI is InChI=1S/C16H25N5/c1-10(2)17-9-11(3)16-13(5)20-21(14(16)6)15-8-7-12(4)18-19-15/h7-8,10-11,17H,9H2,1-6H3. The smallest absolute Gasteiger partial charge is 0.175 e. The van der Waals surface area contributed by atoms with Crippen LogP contribution < -0.4 is 5.32 Å². The van der Waals surface area contributed by atoms with Crippen LogP contribution in [0.25, 0.3) is 5.82 Å². The van der Waals surface area contributed by atoms with Gasteiger partial charge in [-0.3, -0.25) is 0 Å². The van der Waals surface area contributed by atoms with Crippen LogP contribution in [0.1, 0.15) is 49.3 Å². The average Bonchev–Trinajstić information content (AvgIpc) is 2.72. The van der Waals surface area contributed by atoms with E-state index < -0.39 is 0 Å². The molecule has 0 aliphatic heterocycles. The van der Waals surface area contributed by atoms with Gasteiger partial charge in [0, 0.05) is 23.8 Å². The van der Waals surface area contributed by atoms with Crippen molar-refractivity contribution in [1.29, 1.82) is 0 Å². The molecule has 5 nitrogen and oxygen atoms in total. The van der Waals surface area contributed by atoms with Crippen molar-refractivity contribution in [2.45, 2.75) is 53.5 Å². The van der Waals surface area contributed by atoms with Gasteiger partial charge in [0.2, 0.25) is 0 Å². The van der Waals surface area contributed by atoms with Gasteiger partial charge in [-0.2, -0.15) is 10.2 Å². The minimum atomic E-state index is 0.416. The Labute approximate surface area is 126 Å². The third-order valence-corrected chi connectivity index (χ3v) is 3.67. The molecule has 1 atom stereocenters. The maximum atomic E-state index is 4.64. The Morgan fingerprint density at radius 1 is 1.10 bits per heavy atom. The number of rotatable bonds is 5. The Hall–Kier alpha value is -1.75. The number of nitrogens with zero attached hydrogens (tertiary/aromatic N) is 4. The van der Waals surface area contributed by atoms with Gasteiger partial charge < -0.3 is 5.32 Å². The van der Waals surface area contributed by atoms with Crippen molar-refractivity contribution in [2.24, 2.45) is 0 Å². The lowest BCUT2D eigenvalue weighted by Crippen LogP contribution is -2.27. The van der Waals surface area contributed by atoms with Crippen molar-refractivity contribution in [3.63, 3.8) is 0 Å². The normalized spacial score (nSPS) is 12.9. The molecule has 0 fully saturated rings. The third kappa shape index (κ3) is 3.47. The van der Waals surface area contributed by atoms with Crippen LogP contribution in [-0.2, 0) is 0 Å². The lowest BCUT2D eigenvalue weighted by atomic mass is 9.99. The molecule has 2 aromatic heterocycles. The van der Waals surface area contributed by atoms with Crippen molar-refractivity contribution in [3.8, 4) is 5.82 Å². The van der Waals surface area contributed by atoms with E-state index in [0.717, 1.165) is 29.4 Å². The van der Waals surface area contributed by atoms with E-state index in [9.17, 15) is 0 Å². The molecule has 0 radical (unpaired) electrons. The maximum Gasteiger partial charge on any atom is 0.175 e. The highest BCUT2D eigenvalue weighted by molar-refractivity contribution is 5.34. The van der Waals surface area contributed by atoms with Crippen LogP contribution in [0.3, 0.4) is 0 Å². The largest absolute Gasteiger partial charge is 0.314 e. The number of hydrogen-bond acceptors (Lipinski definition) is 4. The monoisotopic (exact) mass is 287 g/mol. The Morgan fingerprint density at radius 3 is 2.38 bits per heavy atom. The highest BCUT2D eigenvalue weighted by Gasteiger charge is 2.19. The Bertz CT molecular complexity index is 598. The van der Waals surface area contributed by atoms with E-state index in [1.54, 1.807) is 0 Å². The molecular formula is C16H25N5. The van der Waals surface area contributed by atoms with E-state index in [4.69, 9.17) is 0 Å². The van der Waals surface area contributed by atoms with Gasteiger partial charge in [-0.25, -0.2) is 4.68 Å². The topological polar surface area (TPSA) is 55.6 Å². The van der Waals surface area contributed by atoms with E-state index in [2.05, 4.69) is 55.2 Å². The SMILES string of the molecule is Cc1ccc(-n2nc(C)c(C(C)CNC(C)C)c2C)nn1. The van der Waals surface area contributed by atoms with Crippen LogP contribution in [-0.4, -0.2) is 32.6 Å². The average molecular weight is 287 g/mol. The first-order valence-corrected chi connectivity index (χ1v) is 7.50. The van der Waals surface area contributed by atoms with Crippen LogP contribution in [0.5, 0.6) is 0 Å². The van der Waals surface area contributed by atoms with Gasteiger partial charge in [-0.15, -0.1) is 5.10 Å². The zero-order chi connectivity index (χ0) is 15.6. The summed E-state index contributed by atoms with van der Waals surface area (Å²) in [4.78, 5) is 0. The second kappa shape index (κ2) is 6.35. The van der Waals surface area contributed by atoms with Gasteiger partial charge in [0.25, 0.3) is 0 Å². The lowest BCUT2D eigenvalue weighted by molar-refractivity contribution is 0.546. The quantitative estimate of drug-likeness (QED) is 0.918. The molecule has 0 saturated carbocycles. The molecule has 0 amide bonds. The summed E-state index contributed by atoms with van der Waals surface area (Å²) in [6, 6.07) is 4.41. The maximum absolute atomic E-state index is 4.64. The molecule has 0 saturated heterocycles. The molecule has 2 heterocycles. The number of aryl methyl sites for hydroxylation is 2. The Morgan fingerprint density at radius 2 is 1.81 bits per heavy atom. The second-order valence-corrected chi connectivity index (χ2v) is 5.99. The number of aromatic nitrogens is 4. The Balaban J connectivity index is 2.31. The second-order valence-electron chi connectivity index (χ2n) is 5.99. The summed E-state index contributed by atoms with van der Waals surface area (Å²) in [6.45, 7) is 13.6. The minimum Gasteiger partial charge on any atom is -0.314 e. The molecule has 0 aromatic carbocycles. The van der Waals surface area contributed by atoms with E-state index in [0.29, 0.717) is 12.0 Å². The van der Waals surface area contributed by atoms with Crippen LogP contribution in [0.15, 0.2) is 12.1 Å². The number of hydrogen-bond donors (Lipinski definition) is 1. The first kappa shape index (κ1) is 15.6. The van der Waals surface area contributed by atoms with Crippen LogP contribution in [0.4, 0.5) is 0 Å². The van der Waals surface area contributed by atoms with Gasteiger partial charge >= 0.3 is 0 Å². The van der Waals surface area contributed by atoms with E-state index in [-0.39, 0.29) is 0 Å². The summed E-state index contributed by atoms with van der Waals surface area (Å²) in [5.74, 6) is 1.19. The van der Waals surface area contributed by atoms with Crippen LogP contribution in [0, 0.1) is 20.8 Å². The first-order valence-electron chi connectivity index (χ1n) is 7.50. The Kier molecular flexibility index (Phi) is 4.73. The highest BCUT2D eigenvalue weighted by atomic mass is 15.3. The molecule has 2 rings (SSSR count). The molecule has 0 aliphatic rings. The zero-order valence-electron chi connectivity index (χ0n) is 13.8. The van der Waals surface area contributed by atoms with Crippen molar-refractivity contribution < 1.29 is 0 Å². The first-order chi connectivity index (χ1) is 9.90. The summed E-state index contributed by atoms with van der Waals surface area (Å²) in [5, 5.41) is 16.5. The molecule has 1 unspecified atom stereocenters.